The molecule has 3 aromatic rings. The molecular formula is C42H59N3O6. The summed E-state index contributed by atoms with van der Waals surface area (Å²) >= 11 is 0. The third kappa shape index (κ3) is 14.6. The van der Waals surface area contributed by atoms with Gasteiger partial charge in [0, 0.05) is 0 Å². The van der Waals surface area contributed by atoms with Crippen LogP contribution < -0.4 is 5.73 Å². The maximum absolute atomic E-state index is 12.6. The van der Waals surface area contributed by atoms with Gasteiger partial charge in [-0.05, 0) is 110 Å². The number of carbonyl (C=O) groups is 3. The summed E-state index contributed by atoms with van der Waals surface area (Å²) in [5, 5.41) is 9.34. The van der Waals surface area contributed by atoms with Gasteiger partial charge in [0.05, 0.1) is 0 Å². The molecule has 5 rings (SSSR count). The van der Waals surface area contributed by atoms with E-state index in [1.54, 1.807) is 0 Å². The molecule has 2 saturated heterocycles. The van der Waals surface area contributed by atoms with E-state index in [1.807, 2.05) is 133 Å². The molecule has 0 aromatic heterocycles. The van der Waals surface area contributed by atoms with Crippen LogP contribution in [-0.4, -0.2) is 70.2 Å². The van der Waals surface area contributed by atoms with Crippen molar-refractivity contribution in [1.29, 1.82) is 0 Å². The van der Waals surface area contributed by atoms with E-state index in [0.717, 1.165) is 68.6 Å². The fourth-order valence-electron chi connectivity index (χ4n) is 6.15. The first kappa shape index (κ1) is 41.4. The first-order valence-corrected chi connectivity index (χ1v) is 18.2. The average molecular weight is 702 g/mol. The normalized spacial score (nSPS) is 17.2. The van der Waals surface area contributed by atoms with E-state index in [2.05, 4.69) is 9.80 Å². The monoisotopic (exact) mass is 701 g/mol. The molecule has 0 radical (unpaired) electrons. The van der Waals surface area contributed by atoms with Crippen LogP contribution in [-0.2, 0) is 23.9 Å². The minimum Gasteiger partial charge on any atom is -0.480 e. The molecule has 278 valence electrons. The van der Waals surface area contributed by atoms with E-state index in [-0.39, 0.29) is 12.0 Å². The van der Waals surface area contributed by atoms with Gasteiger partial charge in [-0.15, -0.1) is 0 Å². The molecule has 3 N–H and O–H groups in total. The SMILES string of the molecule is CC(C)(C)OC(=O)[C@@H](c1ccccc1)N1CCCCC1.CC(C)(C)OC(=O)[C@H](N)c1ccccc1.O=C(O)[C@@H](c1ccccc1)N1CCCCC1. The lowest BCUT2D eigenvalue weighted by atomic mass is 10.0. The fraction of sp³-hybridized carbons (Fsp3) is 0.500. The molecule has 0 spiro atoms. The Bertz CT molecular complexity index is 1460. The van der Waals surface area contributed by atoms with Crippen LogP contribution >= 0.6 is 0 Å². The van der Waals surface area contributed by atoms with Gasteiger partial charge in [0.25, 0.3) is 0 Å². The molecule has 9 nitrogen and oxygen atoms in total. The number of hydrogen-bond acceptors (Lipinski definition) is 8. The zero-order valence-electron chi connectivity index (χ0n) is 31.4. The van der Waals surface area contributed by atoms with E-state index in [4.69, 9.17) is 15.2 Å². The maximum Gasteiger partial charge on any atom is 0.328 e. The number of carboxylic acids is 1. The van der Waals surface area contributed by atoms with Crippen molar-refractivity contribution < 1.29 is 29.0 Å². The second-order valence-electron chi connectivity index (χ2n) is 15.1. The second-order valence-corrected chi connectivity index (χ2v) is 15.1. The Morgan fingerprint density at radius 1 is 0.549 bits per heavy atom. The van der Waals surface area contributed by atoms with Crippen molar-refractivity contribution in [3.05, 3.63) is 108 Å². The largest absolute Gasteiger partial charge is 0.480 e. The van der Waals surface area contributed by atoms with Crippen molar-refractivity contribution in [1.82, 2.24) is 9.80 Å². The third-order valence-corrected chi connectivity index (χ3v) is 8.43. The van der Waals surface area contributed by atoms with E-state index in [1.165, 1.54) is 12.8 Å². The standard InChI is InChI=1S/C17H25NO2.C13H17NO2.C12H17NO2/c1-17(2,3)20-16(19)15(14-10-6-4-7-11-14)18-12-8-5-9-13-18;15-13(16)12(11-7-3-1-4-8-11)14-9-5-2-6-10-14;1-12(2,3)15-11(14)10(13)9-7-5-4-6-8-9/h4,6-7,10-11,15H,5,8-9,12-13H2,1-3H3;1,3-4,7-8,12H,2,5-6,9-10H2,(H,15,16);4-8,10H,13H2,1-3H3/t15-;12-;10-/m111/s1. The molecule has 3 aromatic carbocycles. The lowest BCUT2D eigenvalue weighted by molar-refractivity contribution is -0.162. The topological polar surface area (TPSA) is 122 Å². The first-order chi connectivity index (χ1) is 24.2. The number of nitrogens with zero attached hydrogens (tertiary/aromatic N) is 2. The lowest BCUT2D eigenvalue weighted by Gasteiger charge is -2.35. The summed E-state index contributed by atoms with van der Waals surface area (Å²) in [5.74, 6) is -1.27. The number of aliphatic carboxylic acids is 1. The number of carbonyl (C=O) groups excluding carboxylic acids is 2. The highest BCUT2D eigenvalue weighted by Crippen LogP contribution is 2.28. The van der Waals surface area contributed by atoms with Gasteiger partial charge < -0.3 is 20.3 Å². The number of piperidine rings is 2. The van der Waals surface area contributed by atoms with Gasteiger partial charge >= 0.3 is 17.9 Å². The minimum absolute atomic E-state index is 0.134. The van der Waals surface area contributed by atoms with Crippen molar-refractivity contribution in [3.8, 4) is 0 Å². The predicted molar refractivity (Wildman–Crippen MR) is 202 cm³/mol. The van der Waals surface area contributed by atoms with E-state index in [9.17, 15) is 19.5 Å². The Labute approximate surface area is 305 Å². The van der Waals surface area contributed by atoms with E-state index in [0.29, 0.717) is 0 Å². The number of carboxylic acid groups (broad SMARTS) is 1. The highest BCUT2D eigenvalue weighted by molar-refractivity contribution is 5.78. The molecule has 2 fully saturated rings. The second kappa shape index (κ2) is 20.1. The van der Waals surface area contributed by atoms with Crippen molar-refractivity contribution in [2.75, 3.05) is 26.2 Å². The summed E-state index contributed by atoms with van der Waals surface area (Å²) in [5.41, 5.74) is 7.52. The van der Waals surface area contributed by atoms with Gasteiger partial charge in [-0.3, -0.25) is 14.6 Å². The van der Waals surface area contributed by atoms with Gasteiger partial charge in [-0.1, -0.05) is 104 Å². The van der Waals surface area contributed by atoms with Crippen LogP contribution in [0.25, 0.3) is 0 Å². The van der Waals surface area contributed by atoms with Gasteiger partial charge in [-0.2, -0.15) is 0 Å². The number of hydrogen-bond donors (Lipinski definition) is 2. The predicted octanol–water partition coefficient (Wildman–Crippen LogP) is 7.88. The van der Waals surface area contributed by atoms with Crippen LogP contribution in [0.15, 0.2) is 91.0 Å². The van der Waals surface area contributed by atoms with Crippen molar-refractivity contribution in [3.63, 3.8) is 0 Å². The molecule has 51 heavy (non-hydrogen) atoms. The van der Waals surface area contributed by atoms with E-state index >= 15 is 0 Å². The Morgan fingerprint density at radius 2 is 0.882 bits per heavy atom. The fourth-order valence-corrected chi connectivity index (χ4v) is 6.15. The highest BCUT2D eigenvalue weighted by Gasteiger charge is 2.32. The van der Waals surface area contributed by atoms with Gasteiger partial charge in [0.2, 0.25) is 0 Å². The Balaban J connectivity index is 0.000000209. The summed E-state index contributed by atoms with van der Waals surface area (Å²) < 4.78 is 10.8. The van der Waals surface area contributed by atoms with Crippen LogP contribution in [0.5, 0.6) is 0 Å². The molecular weight excluding hydrogens is 642 g/mol. The average Bonchev–Trinajstić information content (AvgIpc) is 3.09. The molecule has 0 bridgehead atoms. The summed E-state index contributed by atoms with van der Waals surface area (Å²) in [6.45, 7) is 15.0. The molecule has 9 heteroatoms. The maximum atomic E-state index is 12.6. The Morgan fingerprint density at radius 3 is 1.25 bits per heavy atom. The molecule has 0 saturated carbocycles. The number of likely N-dealkylation sites (tertiary alicyclic amines) is 2. The molecule has 3 atom stereocenters. The highest BCUT2D eigenvalue weighted by atomic mass is 16.6. The van der Waals surface area contributed by atoms with E-state index < -0.39 is 35.2 Å². The molecule has 0 unspecified atom stereocenters. The molecule has 2 heterocycles. The van der Waals surface area contributed by atoms with Crippen LogP contribution in [0.1, 0.15) is 115 Å². The zero-order valence-corrected chi connectivity index (χ0v) is 31.4. The van der Waals surface area contributed by atoms with Crippen LogP contribution in [0.3, 0.4) is 0 Å². The van der Waals surface area contributed by atoms with Crippen LogP contribution in [0.2, 0.25) is 0 Å². The number of ether oxygens (including phenoxy) is 2. The minimum atomic E-state index is -0.742. The first-order valence-electron chi connectivity index (χ1n) is 18.2. The summed E-state index contributed by atoms with van der Waals surface area (Å²) in [7, 11) is 0. The molecule has 0 amide bonds. The number of nitrogens with two attached hydrogens (primary N) is 1. The van der Waals surface area contributed by atoms with Gasteiger partial charge in [0.1, 0.15) is 29.3 Å². The quantitative estimate of drug-likeness (QED) is 0.226. The molecule has 0 aliphatic carbocycles. The molecule has 2 aliphatic rings. The van der Waals surface area contributed by atoms with Crippen LogP contribution in [0.4, 0.5) is 0 Å². The lowest BCUT2D eigenvalue weighted by Crippen LogP contribution is -2.40. The smallest absolute Gasteiger partial charge is 0.328 e. The number of benzene rings is 3. The Hall–Kier alpha value is -4.05. The third-order valence-electron chi connectivity index (χ3n) is 8.43. The summed E-state index contributed by atoms with van der Waals surface area (Å²) in [6.07, 6.45) is 7.01. The van der Waals surface area contributed by atoms with Crippen LogP contribution in [0, 0.1) is 0 Å². The van der Waals surface area contributed by atoms with Crippen molar-refractivity contribution in [2.45, 2.75) is 109 Å². The van der Waals surface area contributed by atoms with Gasteiger partial charge in [-0.25, -0.2) is 9.59 Å². The van der Waals surface area contributed by atoms with Crippen molar-refractivity contribution >= 4 is 17.9 Å². The Kier molecular flexibility index (Phi) is 16.3. The summed E-state index contributed by atoms with van der Waals surface area (Å²) in [4.78, 5) is 39.9. The van der Waals surface area contributed by atoms with Crippen molar-refractivity contribution in [2.24, 2.45) is 5.73 Å². The zero-order chi connectivity index (χ0) is 37.4. The number of esters is 2. The number of rotatable bonds is 8. The summed E-state index contributed by atoms with van der Waals surface area (Å²) in [6, 6.07) is 27.2. The van der Waals surface area contributed by atoms with Gasteiger partial charge in [0.15, 0.2) is 0 Å². The molecule has 2 aliphatic heterocycles.